The summed E-state index contributed by atoms with van der Waals surface area (Å²) in [6.45, 7) is 4.46. The molecule has 0 bridgehead atoms. The zero-order valence-electron chi connectivity index (χ0n) is 16.8. The lowest BCUT2D eigenvalue weighted by Gasteiger charge is -2.23. The average molecular weight is 420 g/mol. The van der Waals surface area contributed by atoms with E-state index in [0.717, 1.165) is 0 Å². The quantitative estimate of drug-likeness (QED) is 0.576. The van der Waals surface area contributed by atoms with Crippen molar-refractivity contribution >= 4 is 29.3 Å². The van der Waals surface area contributed by atoms with Gasteiger partial charge in [0.1, 0.15) is 18.1 Å². The van der Waals surface area contributed by atoms with Crippen LogP contribution in [0, 0.1) is 23.6 Å². The number of cyclic esters (lactones) is 1. The van der Waals surface area contributed by atoms with Crippen LogP contribution in [-0.4, -0.2) is 61.5 Å². The van der Waals surface area contributed by atoms with Gasteiger partial charge in [0.25, 0.3) is 0 Å². The van der Waals surface area contributed by atoms with E-state index in [1.165, 1.54) is 24.8 Å². The Morgan fingerprint density at radius 1 is 1.30 bits per heavy atom. The van der Waals surface area contributed by atoms with Crippen molar-refractivity contribution in [2.24, 2.45) is 17.8 Å². The van der Waals surface area contributed by atoms with E-state index in [2.05, 4.69) is 10.6 Å². The van der Waals surface area contributed by atoms with Crippen molar-refractivity contribution in [2.45, 2.75) is 26.2 Å². The second-order valence-electron chi connectivity index (χ2n) is 8.13. The van der Waals surface area contributed by atoms with Crippen molar-refractivity contribution in [1.82, 2.24) is 10.6 Å². The molecule has 10 heteroatoms. The Hall–Kier alpha value is -2.88. The molecular formula is C20H25FN4O5. The fraction of sp³-hybridized carbons (Fsp3) is 0.550. The zero-order chi connectivity index (χ0) is 21.6. The number of ether oxygens (including phenoxy) is 1. The first-order valence-corrected chi connectivity index (χ1v) is 10.00. The lowest BCUT2D eigenvalue weighted by Crippen LogP contribution is -2.36. The third-order valence-corrected chi connectivity index (χ3v) is 5.88. The molecule has 30 heavy (non-hydrogen) atoms. The lowest BCUT2D eigenvalue weighted by molar-refractivity contribution is -0.125. The van der Waals surface area contributed by atoms with Gasteiger partial charge in [-0.15, -0.1) is 0 Å². The molecule has 0 spiro atoms. The minimum Gasteiger partial charge on any atom is -0.442 e. The maximum absolute atomic E-state index is 14.8. The number of benzene rings is 1. The molecule has 1 saturated carbocycles. The summed E-state index contributed by atoms with van der Waals surface area (Å²) in [4.78, 5) is 38.4. The summed E-state index contributed by atoms with van der Waals surface area (Å²) in [5, 5.41) is 14.4. The molecule has 162 valence electrons. The topological polar surface area (TPSA) is 111 Å². The molecular weight excluding hydrogens is 395 g/mol. The highest BCUT2D eigenvalue weighted by Crippen LogP contribution is 2.53. The van der Waals surface area contributed by atoms with Crippen LogP contribution in [0.3, 0.4) is 0 Å². The molecule has 2 saturated heterocycles. The number of fused-ring (bicyclic) bond motifs is 1. The normalized spacial score (nSPS) is 28.1. The minimum atomic E-state index is -0.880. The Balaban J connectivity index is 1.37. The summed E-state index contributed by atoms with van der Waals surface area (Å²) >= 11 is 0. The number of rotatable bonds is 6. The van der Waals surface area contributed by atoms with E-state index in [9.17, 15) is 23.9 Å². The fourth-order valence-corrected chi connectivity index (χ4v) is 4.43. The number of piperidine rings is 1. The van der Waals surface area contributed by atoms with E-state index >= 15 is 0 Å². The maximum Gasteiger partial charge on any atom is 0.414 e. The first kappa shape index (κ1) is 20.4. The molecule has 2 heterocycles. The zero-order valence-corrected chi connectivity index (χ0v) is 16.8. The van der Waals surface area contributed by atoms with Gasteiger partial charge in [0.2, 0.25) is 11.8 Å². The second-order valence-corrected chi connectivity index (χ2v) is 8.13. The van der Waals surface area contributed by atoms with E-state index in [1.54, 1.807) is 12.1 Å². The van der Waals surface area contributed by atoms with Crippen molar-refractivity contribution in [3.05, 3.63) is 24.0 Å². The number of nitrogens with zero attached hydrogens (tertiary/aromatic N) is 2. The highest BCUT2D eigenvalue weighted by Gasteiger charge is 2.59. The van der Waals surface area contributed by atoms with Gasteiger partial charge in [-0.3, -0.25) is 14.5 Å². The molecule has 1 aromatic carbocycles. The number of aliphatic hydroxyl groups excluding tert-OH is 1. The summed E-state index contributed by atoms with van der Waals surface area (Å²) in [6.07, 6.45) is -1.94. The molecule has 4 rings (SSSR count). The number of hydrogen-bond acceptors (Lipinski definition) is 6. The Morgan fingerprint density at radius 2 is 2.00 bits per heavy atom. The summed E-state index contributed by atoms with van der Waals surface area (Å²) in [7, 11) is 0. The van der Waals surface area contributed by atoms with Crippen LogP contribution in [0.2, 0.25) is 0 Å². The second kappa shape index (κ2) is 7.75. The Labute approximate surface area is 173 Å². The van der Waals surface area contributed by atoms with E-state index in [1.807, 2.05) is 4.90 Å². The first-order chi connectivity index (χ1) is 14.2. The highest BCUT2D eigenvalue weighted by molar-refractivity contribution is 5.90. The van der Waals surface area contributed by atoms with Crippen LogP contribution < -0.4 is 20.4 Å². The van der Waals surface area contributed by atoms with Crippen molar-refractivity contribution in [1.29, 1.82) is 0 Å². The summed E-state index contributed by atoms with van der Waals surface area (Å²) in [5.41, 5.74) is 0.827. The molecule has 3 amide bonds. The fourth-order valence-electron chi connectivity index (χ4n) is 4.43. The molecule has 1 aromatic rings. The predicted octanol–water partition coefficient (Wildman–Crippen LogP) is 0.424. The van der Waals surface area contributed by atoms with Gasteiger partial charge in [0.15, 0.2) is 0 Å². The third kappa shape index (κ3) is 3.91. The van der Waals surface area contributed by atoms with Crippen LogP contribution in [0.1, 0.15) is 13.8 Å². The molecule has 2 unspecified atom stereocenters. The summed E-state index contributed by atoms with van der Waals surface area (Å²) in [5.74, 6) is -0.627. The average Bonchev–Trinajstić information content (AvgIpc) is 2.97. The molecule has 3 fully saturated rings. The summed E-state index contributed by atoms with van der Waals surface area (Å²) < 4.78 is 20.0. The third-order valence-electron chi connectivity index (χ3n) is 5.88. The number of hydrogen-bond donors (Lipinski definition) is 3. The first-order valence-electron chi connectivity index (χ1n) is 10.00. The Kier molecular flexibility index (Phi) is 5.27. The summed E-state index contributed by atoms with van der Waals surface area (Å²) in [6, 6.07) is 4.61. The van der Waals surface area contributed by atoms with Crippen molar-refractivity contribution in [2.75, 3.05) is 36.0 Å². The van der Waals surface area contributed by atoms with Crippen molar-refractivity contribution in [3.63, 3.8) is 0 Å². The van der Waals surface area contributed by atoms with Crippen LogP contribution in [-0.2, 0) is 14.3 Å². The molecule has 3 N–H and O–H groups in total. The van der Waals surface area contributed by atoms with Crippen LogP contribution in [0.4, 0.5) is 20.6 Å². The number of halogens is 1. The molecule has 9 nitrogen and oxygen atoms in total. The minimum absolute atomic E-state index is 0.127. The van der Waals surface area contributed by atoms with Gasteiger partial charge in [-0.1, -0.05) is 0 Å². The number of carbonyl (C=O) groups excluding carboxylic acids is 3. The molecule has 2 aliphatic heterocycles. The van der Waals surface area contributed by atoms with Crippen LogP contribution >= 0.6 is 0 Å². The number of amides is 3. The number of aliphatic hydroxyl groups is 1. The van der Waals surface area contributed by atoms with E-state index in [-0.39, 0.29) is 42.7 Å². The van der Waals surface area contributed by atoms with Gasteiger partial charge in [-0.25, -0.2) is 9.18 Å². The van der Waals surface area contributed by atoms with Crippen LogP contribution in [0.25, 0.3) is 0 Å². The standard InChI is InChI=1S/C20H25FN4O5/c1-10(26)22-6-13-7-25(20(29)30-13)12-3-4-17(16(21)5-12)24-8-14-15(9-24)18(14)19(28)23-11(2)27/h3-5,11,13-15,18,27H,6-9H2,1-2H3,(H,22,26)(H,23,28)/t11?,13-,14-,15+,18?/m0/s1. The van der Waals surface area contributed by atoms with Crippen LogP contribution in [0.15, 0.2) is 18.2 Å². The Morgan fingerprint density at radius 3 is 2.60 bits per heavy atom. The van der Waals surface area contributed by atoms with Crippen molar-refractivity contribution < 1.29 is 28.6 Å². The number of carbonyl (C=O) groups is 3. The van der Waals surface area contributed by atoms with Crippen LogP contribution in [0.5, 0.6) is 0 Å². The smallest absolute Gasteiger partial charge is 0.414 e. The van der Waals surface area contributed by atoms with Gasteiger partial charge >= 0.3 is 6.09 Å². The van der Waals surface area contributed by atoms with Gasteiger partial charge in [0, 0.05) is 25.9 Å². The van der Waals surface area contributed by atoms with Crippen molar-refractivity contribution in [3.8, 4) is 0 Å². The SMILES string of the molecule is CC(=O)NC[C@H]1CN(c2ccc(N3C[C@@H]4C(C(=O)NC(C)O)[C@@H]4C3)c(F)c2)C(=O)O1. The molecule has 0 aromatic heterocycles. The van der Waals surface area contributed by atoms with Gasteiger partial charge in [0.05, 0.1) is 24.5 Å². The van der Waals surface area contributed by atoms with E-state index in [0.29, 0.717) is 24.5 Å². The van der Waals surface area contributed by atoms with E-state index in [4.69, 9.17) is 4.74 Å². The largest absolute Gasteiger partial charge is 0.442 e. The van der Waals surface area contributed by atoms with Gasteiger partial charge < -0.3 is 25.4 Å². The molecule has 0 radical (unpaired) electrons. The number of nitrogens with one attached hydrogen (secondary N) is 2. The lowest BCUT2D eigenvalue weighted by atomic mass is 10.2. The van der Waals surface area contributed by atoms with Gasteiger partial charge in [-0.05, 0) is 37.0 Å². The maximum atomic E-state index is 14.8. The Bertz CT molecular complexity index is 867. The van der Waals surface area contributed by atoms with Gasteiger partial charge in [-0.2, -0.15) is 0 Å². The number of anilines is 2. The highest BCUT2D eigenvalue weighted by atomic mass is 19.1. The van der Waals surface area contributed by atoms with E-state index < -0.39 is 24.2 Å². The predicted molar refractivity (Wildman–Crippen MR) is 105 cm³/mol. The monoisotopic (exact) mass is 420 g/mol. The molecule has 3 aliphatic rings. The molecule has 1 aliphatic carbocycles. The molecule has 5 atom stereocenters.